The van der Waals surface area contributed by atoms with Gasteiger partial charge >= 0.3 is 6.09 Å². The van der Waals surface area contributed by atoms with Crippen LogP contribution in [0.15, 0.2) is 65.6 Å². The first-order chi connectivity index (χ1) is 16.0. The Balaban J connectivity index is 0.00000342. The second-order valence-corrected chi connectivity index (χ2v) is 11.2. The van der Waals surface area contributed by atoms with Crippen molar-refractivity contribution in [1.29, 1.82) is 0 Å². The number of aryl methyl sites for hydroxylation is 1. The molecule has 1 aliphatic heterocycles. The number of carbonyl (C=O) groups is 1. The summed E-state index contributed by atoms with van der Waals surface area (Å²) in [7, 11) is -3.71. The third-order valence-electron chi connectivity index (χ3n) is 5.75. The fourth-order valence-corrected chi connectivity index (χ4v) is 5.11. The van der Waals surface area contributed by atoms with E-state index in [9.17, 15) is 13.2 Å². The molecule has 1 aliphatic rings. The zero-order valence-corrected chi connectivity index (χ0v) is 22.1. The smallest absolute Gasteiger partial charge is 0.410 e. The summed E-state index contributed by atoms with van der Waals surface area (Å²) in [6.45, 7) is 9.96. The van der Waals surface area contributed by atoms with Gasteiger partial charge in [0.15, 0.2) is 0 Å². The van der Waals surface area contributed by atoms with Crippen molar-refractivity contribution in [3.8, 4) is 0 Å². The van der Waals surface area contributed by atoms with Crippen LogP contribution in [0.25, 0.3) is 10.8 Å². The average molecular weight is 518 g/mol. The van der Waals surface area contributed by atoms with Gasteiger partial charge in [0.1, 0.15) is 5.60 Å². The van der Waals surface area contributed by atoms with Gasteiger partial charge in [0.2, 0.25) is 0 Å². The number of hydrogen-bond acceptors (Lipinski definition) is 5. The average Bonchev–Trinajstić information content (AvgIpc) is 2.78. The number of carbonyl (C=O) groups excluding carboxylic acids is 1. The molecule has 35 heavy (non-hydrogen) atoms. The van der Waals surface area contributed by atoms with Crippen molar-refractivity contribution < 1.29 is 17.9 Å². The minimum Gasteiger partial charge on any atom is -0.444 e. The molecular weight excluding hydrogens is 486 g/mol. The summed E-state index contributed by atoms with van der Waals surface area (Å²) in [6, 6.07) is 18.3. The summed E-state index contributed by atoms with van der Waals surface area (Å²) in [6.07, 6.45) is -0.294. The van der Waals surface area contributed by atoms with Crippen LogP contribution in [0.1, 0.15) is 26.3 Å². The van der Waals surface area contributed by atoms with Gasteiger partial charge in [-0.3, -0.25) is 4.72 Å². The number of ether oxygens (including phenoxy) is 1. The summed E-state index contributed by atoms with van der Waals surface area (Å²) in [5.74, 6) is 0. The lowest BCUT2D eigenvalue weighted by Gasteiger charge is -2.37. The number of piperazine rings is 1. The van der Waals surface area contributed by atoms with Crippen molar-refractivity contribution in [2.75, 3.05) is 35.8 Å². The molecule has 3 aromatic rings. The highest BCUT2D eigenvalue weighted by atomic mass is 35.5. The molecule has 0 saturated carbocycles. The van der Waals surface area contributed by atoms with E-state index >= 15 is 0 Å². The normalized spacial score (nSPS) is 14.4. The predicted octanol–water partition coefficient (Wildman–Crippen LogP) is 5.43. The molecule has 1 fully saturated rings. The highest BCUT2D eigenvalue weighted by molar-refractivity contribution is 7.92. The van der Waals surface area contributed by atoms with Crippen LogP contribution in [0, 0.1) is 6.92 Å². The van der Waals surface area contributed by atoms with E-state index in [0.717, 1.165) is 22.0 Å². The first-order valence-corrected chi connectivity index (χ1v) is 12.9. The van der Waals surface area contributed by atoms with E-state index in [1.807, 2.05) is 64.1 Å². The molecule has 0 spiro atoms. The van der Waals surface area contributed by atoms with E-state index in [4.69, 9.17) is 4.74 Å². The van der Waals surface area contributed by atoms with Crippen LogP contribution in [0.4, 0.5) is 16.2 Å². The van der Waals surface area contributed by atoms with Gasteiger partial charge in [-0.1, -0.05) is 42.0 Å². The first kappa shape index (κ1) is 26.6. The number of nitrogens with zero attached hydrogens (tertiary/aromatic N) is 2. The highest BCUT2D eigenvalue weighted by Crippen LogP contribution is 2.34. The number of hydrogen-bond donors (Lipinski definition) is 1. The summed E-state index contributed by atoms with van der Waals surface area (Å²) >= 11 is 0. The Morgan fingerprint density at radius 1 is 0.886 bits per heavy atom. The molecule has 188 valence electrons. The van der Waals surface area contributed by atoms with E-state index in [1.165, 1.54) is 0 Å². The Morgan fingerprint density at radius 3 is 2.09 bits per heavy atom. The molecular formula is C26H32ClN3O4S. The SMILES string of the molecule is Cc1ccc(S(=O)(=O)Nc2ccc(N3CCN(C(=O)OC(C)(C)C)CC3)c3ccccc23)cc1.Cl. The fraction of sp³-hybridized carbons (Fsp3) is 0.346. The number of benzene rings is 3. The molecule has 4 rings (SSSR count). The van der Waals surface area contributed by atoms with Crippen LogP contribution in [-0.4, -0.2) is 51.2 Å². The second kappa shape index (κ2) is 10.3. The Bertz CT molecular complexity index is 1300. The summed E-state index contributed by atoms with van der Waals surface area (Å²) in [5, 5.41) is 1.78. The third kappa shape index (κ3) is 6.18. The van der Waals surface area contributed by atoms with Gasteiger partial charge in [-0.15, -0.1) is 12.4 Å². The number of sulfonamides is 1. The van der Waals surface area contributed by atoms with E-state index in [0.29, 0.717) is 31.9 Å². The maximum Gasteiger partial charge on any atom is 0.410 e. The van der Waals surface area contributed by atoms with Crippen molar-refractivity contribution >= 4 is 50.7 Å². The van der Waals surface area contributed by atoms with Crippen LogP contribution >= 0.6 is 12.4 Å². The first-order valence-electron chi connectivity index (χ1n) is 11.4. The quantitative estimate of drug-likeness (QED) is 0.499. The molecule has 3 aromatic carbocycles. The lowest BCUT2D eigenvalue weighted by molar-refractivity contribution is 0.0240. The molecule has 0 aliphatic carbocycles. The number of fused-ring (bicyclic) bond motifs is 1. The van der Waals surface area contributed by atoms with E-state index in [1.54, 1.807) is 29.2 Å². The zero-order chi connectivity index (χ0) is 24.5. The molecule has 0 atom stereocenters. The molecule has 0 bridgehead atoms. The molecule has 9 heteroatoms. The van der Waals surface area contributed by atoms with Crippen LogP contribution in [0.2, 0.25) is 0 Å². The number of rotatable bonds is 4. The van der Waals surface area contributed by atoms with Crippen molar-refractivity contribution in [2.24, 2.45) is 0 Å². The van der Waals surface area contributed by atoms with Gasteiger partial charge in [0.25, 0.3) is 10.0 Å². The lowest BCUT2D eigenvalue weighted by Crippen LogP contribution is -2.50. The van der Waals surface area contributed by atoms with Gasteiger partial charge in [-0.2, -0.15) is 0 Å². The minimum atomic E-state index is -3.71. The van der Waals surface area contributed by atoms with E-state index < -0.39 is 15.6 Å². The number of amides is 1. The molecule has 0 aromatic heterocycles. The van der Waals surface area contributed by atoms with Gasteiger partial charge < -0.3 is 14.5 Å². The standard InChI is InChI=1S/C26H31N3O4S.ClH/c1-19-9-11-20(12-10-19)34(31,32)27-23-13-14-24(22-8-6-5-7-21(22)23)28-15-17-29(18-16-28)25(30)33-26(2,3)4;/h5-14,27H,15-18H2,1-4H3;1H. The molecule has 1 saturated heterocycles. The van der Waals surface area contributed by atoms with Gasteiger partial charge in [-0.05, 0) is 52.0 Å². The topological polar surface area (TPSA) is 79.0 Å². The molecule has 1 N–H and O–H groups in total. The molecule has 1 amide bonds. The Morgan fingerprint density at radius 2 is 1.49 bits per heavy atom. The largest absolute Gasteiger partial charge is 0.444 e. The molecule has 1 heterocycles. The number of nitrogens with one attached hydrogen (secondary N) is 1. The molecule has 0 radical (unpaired) electrons. The lowest BCUT2D eigenvalue weighted by atomic mass is 10.1. The third-order valence-corrected chi connectivity index (χ3v) is 7.13. The second-order valence-electron chi connectivity index (χ2n) is 9.55. The van der Waals surface area contributed by atoms with Crippen LogP contribution < -0.4 is 9.62 Å². The Kier molecular flexibility index (Phi) is 7.87. The fourth-order valence-electron chi connectivity index (χ4n) is 4.03. The summed E-state index contributed by atoms with van der Waals surface area (Å²) < 4.78 is 34.2. The van der Waals surface area contributed by atoms with Gasteiger partial charge in [0.05, 0.1) is 10.6 Å². The van der Waals surface area contributed by atoms with Crippen molar-refractivity contribution in [2.45, 2.75) is 38.2 Å². The van der Waals surface area contributed by atoms with Crippen LogP contribution in [-0.2, 0) is 14.8 Å². The highest BCUT2D eigenvalue weighted by Gasteiger charge is 2.27. The Hall–Kier alpha value is -2.97. The molecule has 7 nitrogen and oxygen atoms in total. The maximum atomic E-state index is 13.0. The Labute approximate surface area is 213 Å². The van der Waals surface area contributed by atoms with Gasteiger partial charge in [0, 0.05) is 42.6 Å². The van der Waals surface area contributed by atoms with Crippen molar-refractivity contribution in [3.05, 3.63) is 66.2 Å². The maximum absolute atomic E-state index is 13.0. The number of halogens is 1. The predicted molar refractivity (Wildman–Crippen MR) is 143 cm³/mol. The van der Waals surface area contributed by atoms with Crippen LogP contribution in [0.3, 0.4) is 0 Å². The van der Waals surface area contributed by atoms with Crippen molar-refractivity contribution in [3.63, 3.8) is 0 Å². The number of anilines is 2. The molecule has 0 unspecified atom stereocenters. The van der Waals surface area contributed by atoms with Crippen LogP contribution in [0.5, 0.6) is 0 Å². The zero-order valence-electron chi connectivity index (χ0n) is 20.4. The van der Waals surface area contributed by atoms with E-state index in [-0.39, 0.29) is 23.4 Å². The summed E-state index contributed by atoms with van der Waals surface area (Å²) in [5.41, 5.74) is 2.03. The van der Waals surface area contributed by atoms with Gasteiger partial charge in [-0.25, -0.2) is 13.2 Å². The monoisotopic (exact) mass is 517 g/mol. The minimum absolute atomic E-state index is 0. The van der Waals surface area contributed by atoms with Crippen molar-refractivity contribution in [1.82, 2.24) is 4.90 Å². The summed E-state index contributed by atoms with van der Waals surface area (Å²) in [4.78, 5) is 16.6. The van der Waals surface area contributed by atoms with E-state index in [2.05, 4.69) is 9.62 Å².